The molecule has 0 amide bonds. The summed E-state index contributed by atoms with van der Waals surface area (Å²) in [5, 5.41) is 2.32. The van der Waals surface area contributed by atoms with Gasteiger partial charge in [0.05, 0.1) is 34.8 Å². The van der Waals surface area contributed by atoms with Gasteiger partial charge in [-0.15, -0.1) is 0 Å². The maximum Gasteiger partial charge on any atom is 0.234 e. The van der Waals surface area contributed by atoms with Crippen LogP contribution in [0.3, 0.4) is 0 Å². The molecule has 5 aromatic carbocycles. The second kappa shape index (κ2) is 13.0. The molecular weight excluding hydrogens is 663 g/mol. The molecule has 274 valence electrons. The lowest BCUT2D eigenvalue weighted by Crippen LogP contribution is -2.27. The van der Waals surface area contributed by atoms with Gasteiger partial charge in [0.15, 0.2) is 0 Å². The number of ether oxygens (including phenoxy) is 1. The lowest BCUT2D eigenvalue weighted by Gasteiger charge is -2.26. The first-order chi connectivity index (χ1) is 25.6. The Labute approximate surface area is 320 Å². The van der Waals surface area contributed by atoms with Crippen molar-refractivity contribution >= 4 is 38.9 Å². The highest BCUT2D eigenvalue weighted by Gasteiger charge is 2.29. The zero-order valence-corrected chi connectivity index (χ0v) is 33.1. The Morgan fingerprint density at radius 1 is 0.593 bits per heavy atom. The van der Waals surface area contributed by atoms with Crippen LogP contribution in [-0.2, 0) is 22.8 Å². The number of anilines is 3. The van der Waals surface area contributed by atoms with E-state index in [1.54, 1.807) is 0 Å². The molecule has 0 saturated carbocycles. The molecular formula is C48H51N5O. The Kier molecular flexibility index (Phi) is 8.56. The van der Waals surface area contributed by atoms with Crippen molar-refractivity contribution in [1.82, 2.24) is 14.5 Å². The minimum absolute atomic E-state index is 0.0124. The second-order valence-corrected chi connectivity index (χ2v) is 17.8. The van der Waals surface area contributed by atoms with E-state index in [0.717, 1.165) is 52.5 Å². The zero-order valence-electron chi connectivity index (χ0n) is 33.1. The summed E-state index contributed by atoms with van der Waals surface area (Å²) in [6.07, 6.45) is 1.88. The van der Waals surface area contributed by atoms with Crippen molar-refractivity contribution < 1.29 is 4.74 Å². The molecule has 6 heteroatoms. The van der Waals surface area contributed by atoms with Crippen LogP contribution in [0.15, 0.2) is 121 Å². The summed E-state index contributed by atoms with van der Waals surface area (Å²) >= 11 is 0. The molecule has 54 heavy (non-hydrogen) atoms. The highest BCUT2D eigenvalue weighted by Crippen LogP contribution is 2.44. The number of hydrogen-bond acceptors (Lipinski definition) is 5. The van der Waals surface area contributed by atoms with Gasteiger partial charge in [-0.25, -0.2) is 9.97 Å². The van der Waals surface area contributed by atoms with Crippen LogP contribution in [0.4, 0.5) is 17.1 Å². The predicted molar refractivity (Wildman–Crippen MR) is 225 cm³/mol. The topological polar surface area (TPSA) is 46.4 Å². The quantitative estimate of drug-likeness (QED) is 0.172. The molecule has 0 N–H and O–H groups in total. The maximum atomic E-state index is 6.88. The van der Waals surface area contributed by atoms with Crippen molar-refractivity contribution in [1.29, 1.82) is 0 Å². The third kappa shape index (κ3) is 6.70. The van der Waals surface area contributed by atoms with Crippen LogP contribution >= 0.6 is 0 Å². The van der Waals surface area contributed by atoms with Crippen LogP contribution in [0.1, 0.15) is 84.7 Å². The fourth-order valence-electron chi connectivity index (χ4n) is 7.43. The second-order valence-electron chi connectivity index (χ2n) is 17.8. The number of aromatic nitrogens is 3. The Bertz CT molecular complexity index is 2490. The first-order valence-corrected chi connectivity index (χ1v) is 19.0. The molecule has 8 rings (SSSR count). The number of benzene rings is 5. The maximum absolute atomic E-state index is 6.88. The molecule has 0 unspecified atom stereocenters. The summed E-state index contributed by atoms with van der Waals surface area (Å²) in [5.74, 6) is 2.23. The minimum atomic E-state index is -0.117. The summed E-state index contributed by atoms with van der Waals surface area (Å²) in [4.78, 5) is 14.8. The predicted octanol–water partition coefficient (Wildman–Crippen LogP) is 12.4. The molecule has 1 aliphatic heterocycles. The van der Waals surface area contributed by atoms with Crippen LogP contribution in [0.25, 0.3) is 27.8 Å². The Balaban J connectivity index is 1.23. The SMILES string of the molecule is CC(C)(C)c1cc(Oc2ccc3c4cc(C(C)(C)C)ccc4n(-c4nccc(C(C)(C)C)n4)c3c2)cc(N2CN(Cc3ccccc3)c3ccccc32)c1. The smallest absolute Gasteiger partial charge is 0.234 e. The third-order valence-electron chi connectivity index (χ3n) is 10.6. The summed E-state index contributed by atoms with van der Waals surface area (Å²) in [6, 6.07) is 41.3. The van der Waals surface area contributed by atoms with E-state index < -0.39 is 0 Å². The standard InChI is InChI=1S/C48H51N5O/c1-46(2,3)33-19-22-40-39(27-33)38-21-20-36(29-43(38)53(40)45-49-24-23-44(50-45)48(7,8)9)54-37-26-34(47(4,5)6)25-35(28-37)52-31-51(30-32-15-11-10-12-16-32)41-17-13-14-18-42(41)52/h10-29H,30-31H2,1-9H3. The van der Waals surface area contributed by atoms with E-state index in [-0.39, 0.29) is 16.2 Å². The molecule has 1 aliphatic rings. The number of nitrogens with zero attached hydrogens (tertiary/aromatic N) is 5. The lowest BCUT2D eigenvalue weighted by atomic mass is 9.86. The molecule has 0 fully saturated rings. The largest absolute Gasteiger partial charge is 0.457 e. The highest BCUT2D eigenvalue weighted by molar-refractivity contribution is 6.09. The van der Waals surface area contributed by atoms with E-state index in [2.05, 4.69) is 186 Å². The van der Waals surface area contributed by atoms with Crippen LogP contribution in [0.2, 0.25) is 0 Å². The van der Waals surface area contributed by atoms with Crippen LogP contribution in [0, 0.1) is 0 Å². The van der Waals surface area contributed by atoms with Crippen molar-refractivity contribution in [2.45, 2.75) is 85.1 Å². The normalized spacial score (nSPS) is 13.6. The van der Waals surface area contributed by atoms with E-state index >= 15 is 0 Å². The zero-order chi connectivity index (χ0) is 38.0. The Morgan fingerprint density at radius 2 is 1.31 bits per heavy atom. The molecule has 2 aromatic heterocycles. The van der Waals surface area contributed by atoms with Gasteiger partial charge in [-0.2, -0.15) is 0 Å². The van der Waals surface area contributed by atoms with Gasteiger partial charge in [-0.05, 0) is 82.1 Å². The molecule has 0 bridgehead atoms. The monoisotopic (exact) mass is 713 g/mol. The number of rotatable bonds is 6. The fraction of sp³-hybridized carbons (Fsp3) is 0.292. The van der Waals surface area contributed by atoms with Crippen molar-refractivity contribution in [2.75, 3.05) is 16.5 Å². The van der Waals surface area contributed by atoms with Crippen LogP contribution in [-0.4, -0.2) is 21.2 Å². The molecule has 0 radical (unpaired) electrons. The summed E-state index contributed by atoms with van der Waals surface area (Å²) in [6.45, 7) is 21.7. The molecule has 6 nitrogen and oxygen atoms in total. The average molecular weight is 714 g/mol. The van der Waals surface area contributed by atoms with E-state index in [1.165, 1.54) is 33.5 Å². The van der Waals surface area contributed by atoms with Gasteiger partial charge < -0.3 is 14.5 Å². The number of fused-ring (bicyclic) bond motifs is 4. The summed E-state index contributed by atoms with van der Waals surface area (Å²) in [5.41, 5.74) is 10.2. The van der Waals surface area contributed by atoms with Crippen LogP contribution in [0.5, 0.6) is 11.5 Å². The van der Waals surface area contributed by atoms with E-state index in [9.17, 15) is 0 Å². The molecule has 0 spiro atoms. The average Bonchev–Trinajstić information content (AvgIpc) is 3.66. The fourth-order valence-corrected chi connectivity index (χ4v) is 7.43. The van der Waals surface area contributed by atoms with Crippen molar-refractivity contribution in [3.63, 3.8) is 0 Å². The van der Waals surface area contributed by atoms with E-state index in [4.69, 9.17) is 14.7 Å². The number of para-hydroxylation sites is 2. The molecule has 0 aliphatic carbocycles. The third-order valence-corrected chi connectivity index (χ3v) is 10.6. The van der Waals surface area contributed by atoms with Gasteiger partial charge in [-0.3, -0.25) is 4.57 Å². The Hall–Kier alpha value is -5.62. The molecule has 7 aromatic rings. The minimum Gasteiger partial charge on any atom is -0.457 e. The van der Waals surface area contributed by atoms with E-state index in [0.29, 0.717) is 5.95 Å². The lowest BCUT2D eigenvalue weighted by molar-refractivity contribution is 0.479. The molecule has 0 saturated heterocycles. The first kappa shape index (κ1) is 35.4. The first-order valence-electron chi connectivity index (χ1n) is 19.0. The summed E-state index contributed by atoms with van der Waals surface area (Å²) < 4.78 is 9.07. The Morgan fingerprint density at radius 3 is 2.04 bits per heavy atom. The summed E-state index contributed by atoms with van der Waals surface area (Å²) in [7, 11) is 0. The molecule has 3 heterocycles. The number of hydrogen-bond donors (Lipinski definition) is 0. The molecule has 0 atom stereocenters. The van der Waals surface area contributed by atoms with Crippen molar-refractivity contribution in [2.24, 2.45) is 0 Å². The highest BCUT2D eigenvalue weighted by atomic mass is 16.5. The van der Waals surface area contributed by atoms with Crippen molar-refractivity contribution in [3.05, 3.63) is 144 Å². The van der Waals surface area contributed by atoms with Crippen molar-refractivity contribution in [3.8, 4) is 17.4 Å². The van der Waals surface area contributed by atoms with Gasteiger partial charge >= 0.3 is 0 Å². The van der Waals surface area contributed by atoms with Gasteiger partial charge in [0.1, 0.15) is 11.5 Å². The van der Waals surface area contributed by atoms with Crippen LogP contribution < -0.4 is 14.5 Å². The van der Waals surface area contributed by atoms with E-state index in [1.807, 2.05) is 12.3 Å². The van der Waals surface area contributed by atoms with Gasteiger partial charge in [0.25, 0.3) is 0 Å². The van der Waals surface area contributed by atoms with Gasteiger partial charge in [0.2, 0.25) is 5.95 Å². The van der Waals surface area contributed by atoms with Gasteiger partial charge in [-0.1, -0.05) is 111 Å². The van der Waals surface area contributed by atoms with Gasteiger partial charge in [0, 0.05) is 46.7 Å².